The standard InChI is InChI=1S/C11H13N3O4/c15-10(16)8-2-1-3-9(12-8)13-11(17)14-4-6-18-7-5-14/h1-3H,4-7H2,(H,15,16)(H,12,13,17). The van der Waals surface area contributed by atoms with E-state index in [1.165, 1.54) is 12.1 Å². The lowest BCUT2D eigenvalue weighted by Gasteiger charge is -2.26. The van der Waals surface area contributed by atoms with Gasteiger partial charge in [0.25, 0.3) is 0 Å². The van der Waals surface area contributed by atoms with Crippen molar-refractivity contribution in [2.45, 2.75) is 0 Å². The van der Waals surface area contributed by atoms with Crippen LogP contribution in [0.25, 0.3) is 0 Å². The van der Waals surface area contributed by atoms with E-state index in [9.17, 15) is 9.59 Å². The van der Waals surface area contributed by atoms with Crippen molar-refractivity contribution in [1.29, 1.82) is 0 Å². The Morgan fingerprint density at radius 2 is 2.06 bits per heavy atom. The minimum absolute atomic E-state index is 0.102. The number of morpholine rings is 1. The Morgan fingerprint density at radius 3 is 2.72 bits per heavy atom. The maximum absolute atomic E-state index is 11.8. The topological polar surface area (TPSA) is 91.8 Å². The highest BCUT2D eigenvalue weighted by Gasteiger charge is 2.17. The number of carboxylic acids is 1. The van der Waals surface area contributed by atoms with Gasteiger partial charge in [0.05, 0.1) is 13.2 Å². The lowest BCUT2D eigenvalue weighted by molar-refractivity contribution is 0.0564. The Morgan fingerprint density at radius 1 is 1.33 bits per heavy atom. The third-order valence-corrected chi connectivity index (χ3v) is 2.50. The zero-order chi connectivity index (χ0) is 13.0. The van der Waals surface area contributed by atoms with E-state index in [0.717, 1.165) is 0 Å². The number of nitrogens with one attached hydrogen (secondary N) is 1. The quantitative estimate of drug-likeness (QED) is 0.805. The van der Waals surface area contributed by atoms with Crippen molar-refractivity contribution in [3.05, 3.63) is 23.9 Å². The molecule has 7 heteroatoms. The summed E-state index contributed by atoms with van der Waals surface area (Å²) in [4.78, 5) is 28.0. The number of pyridine rings is 1. The molecular formula is C11H13N3O4. The van der Waals surface area contributed by atoms with Crippen LogP contribution in [0.1, 0.15) is 10.5 Å². The maximum atomic E-state index is 11.8. The van der Waals surface area contributed by atoms with Crippen molar-refractivity contribution in [2.75, 3.05) is 31.6 Å². The number of urea groups is 1. The van der Waals surface area contributed by atoms with Crippen molar-refractivity contribution >= 4 is 17.8 Å². The number of nitrogens with zero attached hydrogens (tertiary/aromatic N) is 2. The summed E-state index contributed by atoms with van der Waals surface area (Å²) in [6, 6.07) is 4.15. The SMILES string of the molecule is O=C(O)c1cccc(NC(=O)N2CCOCC2)n1. The first-order valence-electron chi connectivity index (χ1n) is 5.51. The molecule has 1 aromatic heterocycles. The van der Waals surface area contributed by atoms with Crippen LogP contribution in [-0.2, 0) is 4.74 Å². The van der Waals surface area contributed by atoms with E-state index in [1.807, 2.05) is 0 Å². The fourth-order valence-corrected chi connectivity index (χ4v) is 1.58. The number of carboxylic acid groups (broad SMARTS) is 1. The Kier molecular flexibility index (Phi) is 3.73. The smallest absolute Gasteiger partial charge is 0.354 e. The Hall–Kier alpha value is -2.15. The van der Waals surface area contributed by atoms with Crippen molar-refractivity contribution in [2.24, 2.45) is 0 Å². The number of anilines is 1. The number of amides is 2. The molecule has 0 saturated carbocycles. The summed E-state index contributed by atoms with van der Waals surface area (Å²) in [5, 5.41) is 11.4. The molecule has 0 aromatic carbocycles. The van der Waals surface area contributed by atoms with Crippen LogP contribution in [0.3, 0.4) is 0 Å². The van der Waals surface area contributed by atoms with Crippen molar-refractivity contribution in [3.63, 3.8) is 0 Å². The summed E-state index contributed by atoms with van der Waals surface area (Å²) >= 11 is 0. The average Bonchev–Trinajstić information content (AvgIpc) is 2.40. The second-order valence-corrected chi connectivity index (χ2v) is 3.74. The van der Waals surface area contributed by atoms with Gasteiger partial charge in [0, 0.05) is 13.1 Å². The number of hydrogen-bond donors (Lipinski definition) is 2. The summed E-state index contributed by atoms with van der Waals surface area (Å²) in [5.74, 6) is -0.899. The fraction of sp³-hybridized carbons (Fsp3) is 0.364. The van der Waals surface area contributed by atoms with Gasteiger partial charge in [-0.05, 0) is 12.1 Å². The molecule has 96 valence electrons. The van der Waals surface area contributed by atoms with E-state index in [2.05, 4.69) is 10.3 Å². The largest absolute Gasteiger partial charge is 0.477 e. The number of rotatable bonds is 2. The van der Waals surface area contributed by atoms with Crippen LogP contribution in [0.2, 0.25) is 0 Å². The van der Waals surface area contributed by atoms with Crippen molar-refractivity contribution in [1.82, 2.24) is 9.88 Å². The Bertz CT molecular complexity index is 457. The Balaban J connectivity index is 2.02. The minimum Gasteiger partial charge on any atom is -0.477 e. The highest BCUT2D eigenvalue weighted by atomic mass is 16.5. The van der Waals surface area contributed by atoms with Gasteiger partial charge in [-0.15, -0.1) is 0 Å². The first kappa shape index (κ1) is 12.3. The molecular weight excluding hydrogens is 238 g/mol. The fourth-order valence-electron chi connectivity index (χ4n) is 1.58. The third-order valence-electron chi connectivity index (χ3n) is 2.50. The van der Waals surface area contributed by atoms with Crippen LogP contribution in [0.5, 0.6) is 0 Å². The minimum atomic E-state index is -1.13. The van der Waals surface area contributed by atoms with Crippen LogP contribution >= 0.6 is 0 Å². The van der Waals surface area contributed by atoms with Gasteiger partial charge < -0.3 is 14.7 Å². The van der Waals surface area contributed by atoms with Gasteiger partial charge in [-0.25, -0.2) is 14.6 Å². The number of aromatic carboxylic acids is 1. The van der Waals surface area contributed by atoms with Crippen LogP contribution in [-0.4, -0.2) is 53.3 Å². The summed E-state index contributed by atoms with van der Waals surface area (Å²) in [6.45, 7) is 2.06. The molecule has 1 aliphatic rings. The first-order valence-corrected chi connectivity index (χ1v) is 5.51. The second kappa shape index (κ2) is 5.46. The van der Waals surface area contributed by atoms with E-state index < -0.39 is 5.97 Å². The van der Waals surface area contributed by atoms with Crippen LogP contribution in [0.15, 0.2) is 18.2 Å². The molecule has 0 spiro atoms. The number of aromatic nitrogens is 1. The number of ether oxygens (including phenoxy) is 1. The van der Waals surface area contributed by atoms with Gasteiger partial charge >= 0.3 is 12.0 Å². The van der Waals surface area contributed by atoms with E-state index in [0.29, 0.717) is 26.3 Å². The summed E-state index contributed by atoms with van der Waals surface area (Å²) < 4.78 is 5.14. The zero-order valence-corrected chi connectivity index (χ0v) is 9.63. The maximum Gasteiger partial charge on any atom is 0.354 e. The number of carbonyl (C=O) groups excluding carboxylic acids is 1. The van der Waals surface area contributed by atoms with Gasteiger partial charge in [-0.1, -0.05) is 6.07 Å². The zero-order valence-electron chi connectivity index (χ0n) is 9.63. The summed E-state index contributed by atoms with van der Waals surface area (Å²) in [5.41, 5.74) is -0.102. The third kappa shape index (κ3) is 2.95. The predicted molar refractivity (Wildman–Crippen MR) is 62.6 cm³/mol. The van der Waals surface area contributed by atoms with E-state index in [-0.39, 0.29) is 17.5 Å². The van der Waals surface area contributed by atoms with E-state index in [1.54, 1.807) is 11.0 Å². The van der Waals surface area contributed by atoms with Crippen LogP contribution in [0.4, 0.5) is 10.6 Å². The van der Waals surface area contributed by atoms with Gasteiger partial charge in [-0.3, -0.25) is 5.32 Å². The predicted octanol–water partition coefficient (Wildman–Crippen LogP) is 0.644. The number of carbonyl (C=O) groups is 2. The van der Waals surface area contributed by atoms with Gasteiger partial charge in [0.15, 0.2) is 5.69 Å². The molecule has 1 aliphatic heterocycles. The number of hydrogen-bond acceptors (Lipinski definition) is 4. The molecule has 0 radical (unpaired) electrons. The van der Waals surface area contributed by atoms with Gasteiger partial charge in [-0.2, -0.15) is 0 Å². The summed E-state index contributed by atoms with van der Waals surface area (Å²) in [6.07, 6.45) is 0. The Labute approximate surface area is 103 Å². The molecule has 2 amide bonds. The van der Waals surface area contributed by atoms with Crippen LogP contribution in [0, 0.1) is 0 Å². The van der Waals surface area contributed by atoms with Crippen molar-refractivity contribution in [3.8, 4) is 0 Å². The summed E-state index contributed by atoms with van der Waals surface area (Å²) in [7, 11) is 0. The van der Waals surface area contributed by atoms with Crippen molar-refractivity contribution < 1.29 is 19.4 Å². The molecule has 7 nitrogen and oxygen atoms in total. The van der Waals surface area contributed by atoms with Crippen LogP contribution < -0.4 is 5.32 Å². The molecule has 0 aliphatic carbocycles. The lowest BCUT2D eigenvalue weighted by Crippen LogP contribution is -2.43. The molecule has 1 saturated heterocycles. The molecule has 0 unspecified atom stereocenters. The van der Waals surface area contributed by atoms with E-state index >= 15 is 0 Å². The molecule has 0 bridgehead atoms. The molecule has 0 atom stereocenters. The van der Waals surface area contributed by atoms with Gasteiger partial charge in [0.2, 0.25) is 0 Å². The van der Waals surface area contributed by atoms with E-state index in [4.69, 9.17) is 9.84 Å². The molecule has 1 aromatic rings. The molecule has 2 heterocycles. The molecule has 2 rings (SSSR count). The second-order valence-electron chi connectivity index (χ2n) is 3.74. The lowest BCUT2D eigenvalue weighted by atomic mass is 10.3. The molecule has 1 fully saturated rings. The highest BCUT2D eigenvalue weighted by Crippen LogP contribution is 2.07. The monoisotopic (exact) mass is 251 g/mol. The first-order chi connectivity index (χ1) is 8.66. The highest BCUT2D eigenvalue weighted by molar-refractivity contribution is 5.90. The molecule has 18 heavy (non-hydrogen) atoms. The van der Waals surface area contributed by atoms with Gasteiger partial charge in [0.1, 0.15) is 5.82 Å². The molecule has 2 N–H and O–H groups in total. The average molecular weight is 251 g/mol. The normalized spacial score (nSPS) is 15.2.